The minimum Gasteiger partial charge on any atom is -0.360 e. The Labute approximate surface area is 70.2 Å². The summed E-state index contributed by atoms with van der Waals surface area (Å²) in [6.45, 7) is 0. The van der Waals surface area contributed by atoms with Crippen LogP contribution in [-0.2, 0) is 0 Å². The fourth-order valence-corrected chi connectivity index (χ4v) is 1.55. The lowest BCUT2D eigenvalue weighted by Gasteiger charge is -1.88. The van der Waals surface area contributed by atoms with Gasteiger partial charge in [0.2, 0.25) is 0 Å². The molecule has 2 nitrogen and oxygen atoms in total. The highest BCUT2D eigenvalue weighted by Crippen LogP contribution is 2.42. The third-order valence-corrected chi connectivity index (χ3v) is 2.36. The van der Waals surface area contributed by atoms with Gasteiger partial charge in [0.15, 0.2) is 0 Å². The van der Waals surface area contributed by atoms with Crippen molar-refractivity contribution >= 4 is 10.9 Å². The van der Waals surface area contributed by atoms with Crippen molar-refractivity contribution in [3.05, 3.63) is 30.0 Å². The largest absolute Gasteiger partial charge is 0.360 e. The van der Waals surface area contributed by atoms with Crippen LogP contribution in [0.2, 0.25) is 0 Å². The molecule has 0 saturated heterocycles. The predicted octanol–water partition coefficient (Wildman–Crippen LogP) is 2.71. The zero-order valence-electron chi connectivity index (χ0n) is 6.66. The molecule has 0 N–H and O–H groups in total. The summed E-state index contributed by atoms with van der Waals surface area (Å²) in [5.74, 6) is 1.74. The van der Waals surface area contributed by atoms with Crippen molar-refractivity contribution in [2.45, 2.75) is 18.8 Å². The van der Waals surface area contributed by atoms with Gasteiger partial charge >= 0.3 is 0 Å². The highest BCUT2D eigenvalue weighted by molar-refractivity contribution is 5.80. The second-order valence-corrected chi connectivity index (χ2v) is 3.34. The van der Waals surface area contributed by atoms with Crippen molar-refractivity contribution in [2.75, 3.05) is 0 Å². The Morgan fingerprint density at radius 2 is 2.08 bits per heavy atom. The molecule has 2 heteroatoms. The summed E-state index contributed by atoms with van der Waals surface area (Å²) in [7, 11) is 0. The summed E-state index contributed by atoms with van der Waals surface area (Å²) in [4.78, 5) is 0. The molecule has 0 amide bonds. The predicted molar refractivity (Wildman–Crippen MR) is 46.0 cm³/mol. The molecule has 1 fully saturated rings. The molecule has 0 spiro atoms. The monoisotopic (exact) mass is 159 g/mol. The molecular formula is C10H9NO. The molecule has 2 aromatic rings. The molecule has 1 aliphatic carbocycles. The van der Waals surface area contributed by atoms with Crippen molar-refractivity contribution < 1.29 is 4.52 Å². The number of benzene rings is 1. The van der Waals surface area contributed by atoms with E-state index in [1.807, 2.05) is 18.2 Å². The molecule has 1 aromatic carbocycles. The van der Waals surface area contributed by atoms with E-state index in [2.05, 4.69) is 11.2 Å². The standard InChI is InChI=1S/C10H9NO/c1-2-4-9-8(3-1)10(12-11-9)7-5-6-7/h1-4,7H,5-6H2. The van der Waals surface area contributed by atoms with Crippen LogP contribution in [0.4, 0.5) is 0 Å². The molecule has 1 saturated carbocycles. The van der Waals surface area contributed by atoms with Crippen LogP contribution < -0.4 is 0 Å². The second-order valence-electron chi connectivity index (χ2n) is 3.34. The Hall–Kier alpha value is -1.31. The number of hydrogen-bond donors (Lipinski definition) is 0. The maximum absolute atomic E-state index is 5.29. The highest BCUT2D eigenvalue weighted by Gasteiger charge is 2.29. The lowest BCUT2D eigenvalue weighted by atomic mass is 10.2. The van der Waals surface area contributed by atoms with Crippen molar-refractivity contribution in [3.63, 3.8) is 0 Å². The van der Waals surface area contributed by atoms with Crippen molar-refractivity contribution in [3.8, 4) is 0 Å². The van der Waals surface area contributed by atoms with Gasteiger partial charge in [-0.3, -0.25) is 0 Å². The molecule has 3 rings (SSSR count). The zero-order valence-corrected chi connectivity index (χ0v) is 6.66. The van der Waals surface area contributed by atoms with Crippen LogP contribution in [0.15, 0.2) is 28.8 Å². The van der Waals surface area contributed by atoms with Gasteiger partial charge in [-0.2, -0.15) is 0 Å². The molecule has 1 aliphatic rings. The number of fused-ring (bicyclic) bond motifs is 1. The minimum absolute atomic E-state index is 0.650. The van der Waals surface area contributed by atoms with E-state index in [9.17, 15) is 0 Å². The van der Waals surface area contributed by atoms with Crippen LogP contribution in [-0.4, -0.2) is 5.16 Å². The molecule has 1 aromatic heterocycles. The van der Waals surface area contributed by atoms with E-state index in [0.29, 0.717) is 5.92 Å². The molecule has 12 heavy (non-hydrogen) atoms. The van der Waals surface area contributed by atoms with E-state index >= 15 is 0 Å². The second kappa shape index (κ2) is 2.09. The fourth-order valence-electron chi connectivity index (χ4n) is 1.55. The van der Waals surface area contributed by atoms with Gasteiger partial charge in [-0.15, -0.1) is 0 Å². The Kier molecular flexibility index (Phi) is 1.09. The van der Waals surface area contributed by atoms with Crippen LogP contribution in [0, 0.1) is 0 Å². The van der Waals surface area contributed by atoms with E-state index in [0.717, 1.165) is 11.3 Å². The third-order valence-electron chi connectivity index (χ3n) is 2.36. The Morgan fingerprint density at radius 1 is 1.25 bits per heavy atom. The molecule has 0 atom stereocenters. The first-order valence-corrected chi connectivity index (χ1v) is 4.29. The van der Waals surface area contributed by atoms with Crippen LogP contribution in [0.25, 0.3) is 10.9 Å². The summed E-state index contributed by atoms with van der Waals surface area (Å²) < 4.78 is 5.29. The normalized spacial score (nSPS) is 17.0. The smallest absolute Gasteiger partial charge is 0.147 e. The summed E-state index contributed by atoms with van der Waals surface area (Å²) in [5.41, 5.74) is 0.986. The summed E-state index contributed by atoms with van der Waals surface area (Å²) in [5, 5.41) is 5.20. The quantitative estimate of drug-likeness (QED) is 0.639. The van der Waals surface area contributed by atoms with Gasteiger partial charge in [0.05, 0.1) is 0 Å². The van der Waals surface area contributed by atoms with Crippen molar-refractivity contribution in [1.29, 1.82) is 0 Å². The van der Waals surface area contributed by atoms with Crippen molar-refractivity contribution in [2.24, 2.45) is 0 Å². The summed E-state index contributed by atoms with van der Waals surface area (Å²) >= 11 is 0. The van der Waals surface area contributed by atoms with E-state index in [1.54, 1.807) is 0 Å². The number of hydrogen-bond acceptors (Lipinski definition) is 2. The molecule has 0 aliphatic heterocycles. The molecule has 60 valence electrons. The molecule has 0 bridgehead atoms. The van der Waals surface area contributed by atoms with Gasteiger partial charge in [-0.25, -0.2) is 0 Å². The first kappa shape index (κ1) is 6.23. The number of nitrogens with zero attached hydrogens (tertiary/aromatic N) is 1. The molecule has 0 unspecified atom stereocenters. The summed E-state index contributed by atoms with van der Waals surface area (Å²) in [6.07, 6.45) is 2.53. The first-order chi connectivity index (χ1) is 5.95. The van der Waals surface area contributed by atoms with Gasteiger partial charge in [-0.05, 0) is 25.0 Å². The maximum atomic E-state index is 5.29. The fraction of sp³-hybridized carbons (Fsp3) is 0.300. The van der Waals surface area contributed by atoms with Gasteiger partial charge in [0.1, 0.15) is 11.3 Å². The lowest BCUT2D eigenvalue weighted by Crippen LogP contribution is -1.72. The van der Waals surface area contributed by atoms with Gasteiger partial charge < -0.3 is 4.52 Å². The van der Waals surface area contributed by atoms with E-state index in [-0.39, 0.29) is 0 Å². The Bertz CT molecular complexity index is 414. The van der Waals surface area contributed by atoms with Crippen LogP contribution >= 0.6 is 0 Å². The van der Waals surface area contributed by atoms with Crippen LogP contribution in [0.1, 0.15) is 24.5 Å². The molecular weight excluding hydrogens is 150 g/mol. The Balaban J connectivity index is 2.30. The van der Waals surface area contributed by atoms with Crippen LogP contribution in [0.5, 0.6) is 0 Å². The maximum Gasteiger partial charge on any atom is 0.147 e. The average molecular weight is 159 g/mol. The van der Waals surface area contributed by atoms with E-state index in [4.69, 9.17) is 4.52 Å². The van der Waals surface area contributed by atoms with Gasteiger partial charge in [0.25, 0.3) is 0 Å². The van der Waals surface area contributed by atoms with Crippen LogP contribution in [0.3, 0.4) is 0 Å². The highest BCUT2D eigenvalue weighted by atomic mass is 16.5. The lowest BCUT2D eigenvalue weighted by molar-refractivity contribution is 0.392. The van der Waals surface area contributed by atoms with Crippen molar-refractivity contribution in [1.82, 2.24) is 5.16 Å². The topological polar surface area (TPSA) is 26.0 Å². The average Bonchev–Trinajstić information content (AvgIpc) is 2.86. The zero-order chi connectivity index (χ0) is 7.97. The van der Waals surface area contributed by atoms with Gasteiger partial charge in [0, 0.05) is 11.3 Å². The van der Waals surface area contributed by atoms with E-state index < -0.39 is 0 Å². The number of rotatable bonds is 1. The first-order valence-electron chi connectivity index (χ1n) is 4.29. The molecule has 1 heterocycles. The Morgan fingerprint density at radius 3 is 2.92 bits per heavy atom. The molecule has 0 radical (unpaired) electrons. The number of aromatic nitrogens is 1. The summed E-state index contributed by atoms with van der Waals surface area (Å²) in [6, 6.07) is 8.09. The third kappa shape index (κ3) is 0.779. The SMILES string of the molecule is c1ccc2c(C3CC3)onc2c1. The van der Waals surface area contributed by atoms with Gasteiger partial charge in [-0.1, -0.05) is 17.3 Å². The van der Waals surface area contributed by atoms with E-state index in [1.165, 1.54) is 18.2 Å². The minimum atomic E-state index is 0.650.